The van der Waals surface area contributed by atoms with Crippen molar-refractivity contribution in [1.82, 2.24) is 0 Å². The Hall–Kier alpha value is -2.09. The van der Waals surface area contributed by atoms with Gasteiger partial charge in [0.15, 0.2) is 4.32 Å². The van der Waals surface area contributed by atoms with Gasteiger partial charge < -0.3 is 4.74 Å². The highest BCUT2D eigenvalue weighted by Gasteiger charge is 2.34. The number of thiocarbonyl (C=S) groups is 1. The standard InChI is InChI=1S/C23H13Cl3FNO2S2/c24-14-7-8-20(18(26)11-14)28-22(29)21(32-23(28)31)10-13-3-1-4-15(9-13)30-12-16-17(25)5-2-6-19(16)27/h1-11H,12H2/b21-10-. The summed E-state index contributed by atoms with van der Waals surface area (Å²) in [5.41, 5.74) is 1.48. The van der Waals surface area contributed by atoms with Crippen LogP contribution in [0.4, 0.5) is 10.1 Å². The highest BCUT2D eigenvalue weighted by atomic mass is 35.5. The maximum atomic E-state index is 14.0. The van der Waals surface area contributed by atoms with Crippen LogP contribution in [0.5, 0.6) is 5.75 Å². The number of anilines is 1. The Morgan fingerprint density at radius 1 is 1.03 bits per heavy atom. The normalized spacial score (nSPS) is 15.0. The zero-order valence-corrected chi connectivity index (χ0v) is 20.1. The molecule has 1 fully saturated rings. The molecule has 0 N–H and O–H groups in total. The summed E-state index contributed by atoms with van der Waals surface area (Å²) in [5.74, 6) is -0.207. The number of carbonyl (C=O) groups is 1. The molecule has 0 unspecified atom stereocenters. The van der Waals surface area contributed by atoms with Gasteiger partial charge in [0.05, 0.1) is 20.6 Å². The fourth-order valence-electron chi connectivity index (χ4n) is 3.01. The number of hydrogen-bond donors (Lipinski definition) is 0. The third kappa shape index (κ3) is 4.95. The van der Waals surface area contributed by atoms with Crippen molar-refractivity contribution in [1.29, 1.82) is 0 Å². The monoisotopic (exact) mass is 523 g/mol. The van der Waals surface area contributed by atoms with Crippen molar-refractivity contribution in [2.75, 3.05) is 4.90 Å². The van der Waals surface area contributed by atoms with E-state index in [0.717, 1.165) is 5.56 Å². The number of carbonyl (C=O) groups excluding carboxylic acids is 1. The van der Waals surface area contributed by atoms with E-state index < -0.39 is 5.82 Å². The first-order valence-electron chi connectivity index (χ1n) is 9.22. The van der Waals surface area contributed by atoms with Gasteiger partial charge in [-0.2, -0.15) is 0 Å². The third-order valence-corrected chi connectivity index (χ3v) is 6.74. The van der Waals surface area contributed by atoms with Crippen molar-refractivity contribution < 1.29 is 13.9 Å². The molecule has 1 aliphatic rings. The number of hydrogen-bond acceptors (Lipinski definition) is 4. The lowest BCUT2D eigenvalue weighted by Crippen LogP contribution is -2.27. The van der Waals surface area contributed by atoms with Crippen LogP contribution < -0.4 is 9.64 Å². The van der Waals surface area contributed by atoms with Gasteiger partial charge in [-0.3, -0.25) is 9.69 Å². The van der Waals surface area contributed by atoms with Gasteiger partial charge in [-0.25, -0.2) is 4.39 Å². The van der Waals surface area contributed by atoms with Gasteiger partial charge in [0, 0.05) is 10.6 Å². The molecule has 4 rings (SSSR count). The second kappa shape index (κ2) is 9.81. The number of nitrogens with zero attached hydrogens (tertiary/aromatic N) is 1. The van der Waals surface area contributed by atoms with Crippen molar-refractivity contribution >= 4 is 80.8 Å². The molecule has 3 nitrogen and oxygen atoms in total. The Balaban J connectivity index is 1.54. The number of amides is 1. The zero-order chi connectivity index (χ0) is 22.8. The van der Waals surface area contributed by atoms with Crippen LogP contribution in [0.25, 0.3) is 6.08 Å². The first-order valence-corrected chi connectivity index (χ1v) is 11.6. The molecule has 0 aromatic heterocycles. The van der Waals surface area contributed by atoms with Crippen LogP contribution in [-0.4, -0.2) is 10.2 Å². The molecule has 0 atom stereocenters. The average molecular weight is 525 g/mol. The summed E-state index contributed by atoms with van der Waals surface area (Å²) in [4.78, 5) is 14.8. The predicted molar refractivity (Wildman–Crippen MR) is 134 cm³/mol. The maximum absolute atomic E-state index is 14.0. The van der Waals surface area contributed by atoms with Crippen LogP contribution in [0.3, 0.4) is 0 Å². The molecule has 3 aromatic rings. The molecule has 0 radical (unpaired) electrons. The smallest absolute Gasteiger partial charge is 0.270 e. The molecule has 9 heteroatoms. The lowest BCUT2D eigenvalue weighted by atomic mass is 10.2. The lowest BCUT2D eigenvalue weighted by Gasteiger charge is -2.16. The van der Waals surface area contributed by atoms with Crippen LogP contribution in [-0.2, 0) is 11.4 Å². The SMILES string of the molecule is O=C1/C(=C/c2cccc(OCc3c(F)cccc3Cl)c2)SC(=S)N1c1ccc(Cl)cc1Cl. The van der Waals surface area contributed by atoms with E-state index in [1.54, 1.807) is 48.5 Å². The van der Waals surface area contributed by atoms with E-state index in [2.05, 4.69) is 0 Å². The van der Waals surface area contributed by atoms with E-state index in [1.165, 1.54) is 28.8 Å². The zero-order valence-electron chi connectivity index (χ0n) is 16.2. The average Bonchev–Trinajstić information content (AvgIpc) is 3.01. The van der Waals surface area contributed by atoms with Gasteiger partial charge >= 0.3 is 0 Å². The van der Waals surface area contributed by atoms with Gasteiger partial charge in [-0.05, 0) is 54.1 Å². The van der Waals surface area contributed by atoms with Gasteiger partial charge in [0.2, 0.25) is 0 Å². The number of halogens is 4. The van der Waals surface area contributed by atoms with Crippen LogP contribution in [0, 0.1) is 5.82 Å². The predicted octanol–water partition coefficient (Wildman–Crippen LogP) is 7.77. The Morgan fingerprint density at radius 2 is 1.81 bits per heavy atom. The number of benzene rings is 3. The summed E-state index contributed by atoms with van der Waals surface area (Å²) in [6.07, 6.45) is 1.71. The first-order chi connectivity index (χ1) is 15.3. The number of ether oxygens (including phenoxy) is 1. The second-order valence-corrected chi connectivity index (χ2v) is 9.60. The van der Waals surface area contributed by atoms with Gasteiger partial charge in [0.1, 0.15) is 18.2 Å². The second-order valence-electron chi connectivity index (χ2n) is 6.67. The minimum Gasteiger partial charge on any atom is -0.489 e. The van der Waals surface area contributed by atoms with Crippen LogP contribution in [0.1, 0.15) is 11.1 Å². The summed E-state index contributed by atoms with van der Waals surface area (Å²) in [5, 5.41) is 1.09. The largest absolute Gasteiger partial charge is 0.489 e. The van der Waals surface area contributed by atoms with Gasteiger partial charge in [-0.1, -0.05) is 77.0 Å². The van der Waals surface area contributed by atoms with E-state index in [9.17, 15) is 9.18 Å². The van der Waals surface area contributed by atoms with Gasteiger partial charge in [0.25, 0.3) is 5.91 Å². The Bertz CT molecular complexity index is 1250. The molecule has 0 spiro atoms. The summed E-state index contributed by atoms with van der Waals surface area (Å²) in [6.45, 7) is -0.0217. The van der Waals surface area contributed by atoms with Crippen molar-refractivity contribution in [3.05, 3.63) is 97.6 Å². The Labute approximate surface area is 208 Å². The summed E-state index contributed by atoms with van der Waals surface area (Å²) in [6, 6.07) is 16.4. The lowest BCUT2D eigenvalue weighted by molar-refractivity contribution is -0.113. The maximum Gasteiger partial charge on any atom is 0.270 e. The third-order valence-electron chi connectivity index (χ3n) is 4.55. The molecule has 1 amide bonds. The van der Waals surface area contributed by atoms with Crippen LogP contribution in [0.15, 0.2) is 65.6 Å². The fourth-order valence-corrected chi connectivity index (χ4v) is 5.00. The number of thioether (sulfide) groups is 1. The van der Waals surface area contributed by atoms with Crippen LogP contribution in [0.2, 0.25) is 15.1 Å². The molecule has 0 saturated carbocycles. The van der Waals surface area contributed by atoms with Crippen molar-refractivity contribution in [2.24, 2.45) is 0 Å². The molecule has 32 heavy (non-hydrogen) atoms. The van der Waals surface area contributed by atoms with E-state index in [4.69, 9.17) is 51.8 Å². The van der Waals surface area contributed by atoms with Gasteiger partial charge in [-0.15, -0.1) is 0 Å². The molecular weight excluding hydrogens is 512 g/mol. The highest BCUT2D eigenvalue weighted by Crippen LogP contribution is 2.39. The summed E-state index contributed by atoms with van der Waals surface area (Å²) in [7, 11) is 0. The summed E-state index contributed by atoms with van der Waals surface area (Å²) >= 11 is 24.8. The molecule has 1 saturated heterocycles. The first kappa shape index (κ1) is 23.1. The number of rotatable bonds is 5. The van der Waals surface area contributed by atoms with Crippen LogP contribution >= 0.6 is 58.8 Å². The van der Waals surface area contributed by atoms with Crippen molar-refractivity contribution in [3.8, 4) is 5.75 Å². The molecule has 3 aromatic carbocycles. The van der Waals surface area contributed by atoms with Crippen molar-refractivity contribution in [3.63, 3.8) is 0 Å². The van der Waals surface area contributed by atoms with E-state index in [-0.39, 0.29) is 18.1 Å². The van der Waals surface area contributed by atoms with E-state index in [1.807, 2.05) is 6.07 Å². The summed E-state index contributed by atoms with van der Waals surface area (Å²) < 4.78 is 20.0. The minimum atomic E-state index is -0.432. The van der Waals surface area contributed by atoms with E-state index >= 15 is 0 Å². The fraction of sp³-hybridized carbons (Fsp3) is 0.0435. The minimum absolute atomic E-state index is 0.0217. The molecule has 0 aliphatic carbocycles. The van der Waals surface area contributed by atoms with E-state index in [0.29, 0.717) is 35.7 Å². The Morgan fingerprint density at radius 3 is 2.56 bits per heavy atom. The molecule has 1 heterocycles. The molecule has 1 aliphatic heterocycles. The highest BCUT2D eigenvalue weighted by molar-refractivity contribution is 8.27. The molecular formula is C23H13Cl3FNO2S2. The van der Waals surface area contributed by atoms with Crippen molar-refractivity contribution in [2.45, 2.75) is 6.61 Å². The topological polar surface area (TPSA) is 29.5 Å². The quantitative estimate of drug-likeness (QED) is 0.252. The molecule has 162 valence electrons. The Kier molecular flexibility index (Phi) is 7.08. The molecule has 0 bridgehead atoms.